The van der Waals surface area contributed by atoms with Gasteiger partial charge in [0, 0.05) is 38.5 Å². The zero-order chi connectivity index (χ0) is 55.9. The third-order valence-electron chi connectivity index (χ3n) is 12.2. The van der Waals surface area contributed by atoms with E-state index in [0.29, 0.717) is 13.0 Å². The zero-order valence-corrected chi connectivity index (χ0v) is 44.0. The van der Waals surface area contributed by atoms with Crippen LogP contribution in [-0.4, -0.2) is 169 Å². The molecule has 4 aliphatic rings. The average molecular weight is 1180 g/mol. The normalized spacial score (nSPS) is 31.5. The number of aliphatic hydroxyl groups excluding tert-OH is 4. The van der Waals surface area contributed by atoms with Gasteiger partial charge in [0.15, 0.2) is 30.2 Å². The van der Waals surface area contributed by atoms with Gasteiger partial charge in [0.1, 0.15) is 54.6 Å². The van der Waals surface area contributed by atoms with Gasteiger partial charge in [-0.1, -0.05) is 6.92 Å². The Morgan fingerprint density at radius 2 is 1.45 bits per heavy atom. The minimum absolute atomic E-state index is 0.0141. The summed E-state index contributed by atoms with van der Waals surface area (Å²) in [6.07, 6.45) is -13.6. The summed E-state index contributed by atoms with van der Waals surface area (Å²) < 4.78 is 116. The average Bonchev–Trinajstić information content (AvgIpc) is 4.19. The lowest BCUT2D eigenvalue weighted by Crippen LogP contribution is -2.48. The van der Waals surface area contributed by atoms with Crippen molar-refractivity contribution in [1.29, 1.82) is 0 Å². The molecule has 4 aliphatic heterocycles. The summed E-state index contributed by atoms with van der Waals surface area (Å²) in [7, 11) is -20.7. The highest BCUT2D eigenvalue weighted by molar-refractivity contribution is 7.66. The zero-order valence-electron chi connectivity index (χ0n) is 40.4. The SMILES string of the molecule is CCCOCC[C@H]1[C@@H](O)[C@H]([n+]2cn(C)c3c2NC(N)=NC3O)O[C@@H]1COP(=O)(O)OP(=O)(O)OP(=O)(O)OC[C@H]1O[C@@H](n2cnc3c(N)ncnc32)[C@H](OC)[C@@H]1OP(=O)(O)OC[C@H]1O[C@@H](n2ccc(=O)[nH]c2=O)[C@H](O)[C@@H]1O. The van der Waals surface area contributed by atoms with Crippen LogP contribution in [0.15, 0.2) is 45.8 Å². The second-order valence-corrected chi connectivity index (χ2v) is 23.4. The molecule has 0 amide bonds. The number of anilines is 2. The van der Waals surface area contributed by atoms with Crippen LogP contribution < -0.4 is 32.6 Å². The van der Waals surface area contributed by atoms with Crippen molar-refractivity contribution >= 4 is 60.0 Å². The number of nitrogens with two attached hydrogens (primary N) is 2. The number of nitrogen functional groups attached to an aromatic ring is 1. The van der Waals surface area contributed by atoms with E-state index in [1.165, 1.54) is 20.0 Å². The number of aryl methyl sites for hydroxylation is 1. The topological polar surface area (TPSA) is 515 Å². The number of rotatable bonds is 24. The summed E-state index contributed by atoms with van der Waals surface area (Å²) in [4.78, 5) is 84.7. The Kier molecular flexibility index (Phi) is 17.9. The van der Waals surface area contributed by atoms with Gasteiger partial charge < -0.3 is 75.2 Å². The lowest BCUT2D eigenvalue weighted by molar-refractivity contribution is -0.753. The highest BCUT2D eigenvalue weighted by Gasteiger charge is 2.54. The first kappa shape index (κ1) is 58.8. The quantitative estimate of drug-likeness (QED) is 0.0190. The molecule has 17 atom stereocenters. The van der Waals surface area contributed by atoms with E-state index in [0.717, 1.165) is 36.6 Å². The number of nitrogens with one attached hydrogen (secondary N) is 2. The summed E-state index contributed by atoms with van der Waals surface area (Å²) >= 11 is 0. The van der Waals surface area contributed by atoms with E-state index in [-0.39, 0.29) is 47.5 Å². The van der Waals surface area contributed by atoms with E-state index in [4.69, 9.17) is 53.2 Å². The van der Waals surface area contributed by atoms with Crippen LogP contribution in [0.1, 0.15) is 50.4 Å². The minimum Gasteiger partial charge on any atom is -0.387 e. The molecule has 37 nitrogen and oxygen atoms in total. The predicted octanol–water partition coefficient (Wildman–Crippen LogP) is -2.89. The molecule has 8 rings (SSSR count). The summed E-state index contributed by atoms with van der Waals surface area (Å²) in [6, 6.07) is 0.929. The molecule has 5 unspecified atom stereocenters. The molecule has 0 aliphatic carbocycles. The van der Waals surface area contributed by atoms with Crippen LogP contribution in [-0.2, 0) is 75.7 Å². The van der Waals surface area contributed by atoms with Gasteiger partial charge in [0.05, 0.1) is 39.3 Å². The molecule has 77 heavy (non-hydrogen) atoms. The van der Waals surface area contributed by atoms with Crippen molar-refractivity contribution in [1.82, 2.24) is 33.6 Å². The largest absolute Gasteiger partial charge is 0.490 e. The number of phosphoric acid groups is 4. The summed E-state index contributed by atoms with van der Waals surface area (Å²) in [6.45, 7) is -0.862. The van der Waals surface area contributed by atoms with Crippen LogP contribution in [0.3, 0.4) is 0 Å². The highest BCUT2D eigenvalue weighted by atomic mass is 31.3. The Morgan fingerprint density at radius 1 is 0.792 bits per heavy atom. The fourth-order valence-corrected chi connectivity index (χ4v) is 13.3. The second-order valence-electron chi connectivity index (χ2n) is 17.4. The van der Waals surface area contributed by atoms with Gasteiger partial charge in [-0.25, -0.2) is 47.9 Å². The molecule has 14 N–H and O–H groups in total. The molecule has 41 heteroatoms. The van der Waals surface area contributed by atoms with Crippen LogP contribution in [0.5, 0.6) is 0 Å². The van der Waals surface area contributed by atoms with Crippen molar-refractivity contribution in [2.75, 3.05) is 51.2 Å². The Hall–Kier alpha value is -4.33. The molecular weight excluding hydrogens is 1120 g/mol. The number of phosphoric ester groups is 3. The molecule has 0 bridgehead atoms. The highest BCUT2D eigenvalue weighted by Crippen LogP contribution is 2.68. The van der Waals surface area contributed by atoms with Crippen LogP contribution in [0.25, 0.3) is 11.2 Å². The Bertz CT molecular complexity index is 3130. The van der Waals surface area contributed by atoms with Gasteiger partial charge in [-0.05, 0) is 12.8 Å². The summed E-state index contributed by atoms with van der Waals surface area (Å²) in [5.74, 6) is -0.958. The van der Waals surface area contributed by atoms with Crippen molar-refractivity contribution < 1.29 is 113 Å². The van der Waals surface area contributed by atoms with Crippen molar-refractivity contribution in [3.8, 4) is 0 Å². The standard InChI is InChI=1S/C36H54N12O25P4/c1-4-8-64-9-6-16-17(68-32(23(16)50)48-15-45(2)22-30(48)43-35(38)44-31(22)53)10-66-75(57,58)72-77(61,62)73-76(59,60)67-12-19-26(27(63-3)34(70-19)47-14-41-21-28(37)39-13-40-29(21)47)71-74(55,56)65-11-18-24(51)25(52)33(69-18)46-7-5-20(49)42-36(46)54/h5,7,13-19,23-27,31-34,50-53H,4,6,8-12H2,1-3H3,(H9-,37,38,39,40,42,43,44,49,54,55,56,57,58,59,60,61,62)/p+1/t16-,17-,18-,19-,23-,24-,25-,26-,27-,31?,32-,33-,34-/m1/s1. The molecular formula is C36H55N12O25P4+. The van der Waals surface area contributed by atoms with Gasteiger partial charge >= 0.3 is 37.0 Å². The maximum atomic E-state index is 13.6. The number of H-pyrrole nitrogens is 1. The molecule has 0 spiro atoms. The lowest BCUT2D eigenvalue weighted by atomic mass is 9.95. The summed E-state index contributed by atoms with van der Waals surface area (Å²) in [5, 5.41) is 46.2. The van der Waals surface area contributed by atoms with Crippen molar-refractivity contribution in [3.63, 3.8) is 0 Å². The molecule has 8 heterocycles. The Morgan fingerprint density at radius 3 is 2.13 bits per heavy atom. The van der Waals surface area contributed by atoms with E-state index in [2.05, 4.69) is 33.9 Å². The number of fused-ring (bicyclic) bond motifs is 2. The molecule has 3 saturated heterocycles. The molecule has 0 aromatic carbocycles. The van der Waals surface area contributed by atoms with E-state index >= 15 is 0 Å². The molecule has 4 aromatic heterocycles. The number of guanidine groups is 1. The minimum atomic E-state index is -6.17. The number of aromatic amines is 1. The maximum Gasteiger partial charge on any atom is 0.490 e. The van der Waals surface area contributed by atoms with E-state index < -0.39 is 142 Å². The number of ether oxygens (including phenoxy) is 5. The van der Waals surface area contributed by atoms with Gasteiger partial charge in [-0.15, -0.1) is 0 Å². The first-order valence-corrected chi connectivity index (χ1v) is 28.8. The van der Waals surface area contributed by atoms with Gasteiger partial charge in [-0.3, -0.25) is 41.6 Å². The number of aromatic nitrogens is 8. The number of imidazole rings is 2. The fraction of sp³-hybridized carbons (Fsp3) is 0.639. The van der Waals surface area contributed by atoms with Gasteiger partial charge in [0.2, 0.25) is 18.1 Å². The van der Waals surface area contributed by atoms with Crippen LogP contribution in [0.4, 0.5) is 11.6 Å². The van der Waals surface area contributed by atoms with Crippen molar-refractivity contribution in [2.45, 2.75) is 93.5 Å². The fourth-order valence-electron chi connectivity index (χ4n) is 8.82. The Balaban J connectivity index is 0.938. The predicted molar refractivity (Wildman–Crippen MR) is 251 cm³/mol. The van der Waals surface area contributed by atoms with Gasteiger partial charge in [0.25, 0.3) is 17.3 Å². The number of hydrogen-bond donors (Lipinski definition) is 12. The first-order valence-electron chi connectivity index (χ1n) is 22.8. The third kappa shape index (κ3) is 13.1. The molecule has 4 aromatic rings. The van der Waals surface area contributed by atoms with Gasteiger partial charge in [-0.2, -0.15) is 13.6 Å². The molecule has 428 valence electrons. The van der Waals surface area contributed by atoms with E-state index in [1.807, 2.05) is 11.9 Å². The number of nitrogens with zero attached hydrogens (tertiary/aromatic N) is 8. The molecule has 0 radical (unpaired) electrons. The van der Waals surface area contributed by atoms with Crippen LogP contribution in [0.2, 0.25) is 0 Å². The number of aliphatic imine (C=N–C) groups is 1. The third-order valence-corrected chi connectivity index (χ3v) is 17.5. The lowest BCUT2D eigenvalue weighted by Gasteiger charge is -2.26. The molecule has 3 fully saturated rings. The smallest absolute Gasteiger partial charge is 0.387 e. The summed E-state index contributed by atoms with van der Waals surface area (Å²) in [5.41, 5.74) is 10.3. The van der Waals surface area contributed by atoms with E-state index in [9.17, 15) is 67.8 Å². The van der Waals surface area contributed by atoms with Crippen LogP contribution >= 0.6 is 31.3 Å². The van der Waals surface area contributed by atoms with Crippen LogP contribution in [0, 0.1) is 5.92 Å². The number of methoxy groups -OCH3 is 1. The first-order chi connectivity index (χ1) is 36.2. The van der Waals surface area contributed by atoms with Crippen molar-refractivity contribution in [3.05, 3.63) is 57.8 Å². The monoisotopic (exact) mass is 1180 g/mol. The second kappa shape index (κ2) is 23.4. The number of hydrogen-bond acceptors (Lipinski definition) is 28. The van der Waals surface area contributed by atoms with Crippen molar-refractivity contribution in [2.24, 2.45) is 23.7 Å². The number of aliphatic hydroxyl groups is 4. The maximum absolute atomic E-state index is 13.6. The van der Waals surface area contributed by atoms with E-state index in [1.54, 1.807) is 7.05 Å². The Labute approximate surface area is 432 Å². The molecule has 0 saturated carbocycles.